The molecule has 2 heterocycles. The van der Waals surface area contributed by atoms with E-state index in [-0.39, 0.29) is 76.1 Å². The van der Waals surface area contributed by atoms with Crippen molar-refractivity contribution in [2.45, 2.75) is 20.5 Å². The molecule has 36 heavy (non-hydrogen) atoms. The Labute approximate surface area is 209 Å². The highest BCUT2D eigenvalue weighted by Gasteiger charge is 2.22. The number of imidazole rings is 1. The van der Waals surface area contributed by atoms with Crippen molar-refractivity contribution >= 4 is 28.5 Å². The van der Waals surface area contributed by atoms with Crippen molar-refractivity contribution in [3.8, 4) is 22.9 Å². The van der Waals surface area contributed by atoms with E-state index in [0.29, 0.717) is 5.75 Å². The molecular formula is C24H22ClFN4O6. The number of rotatable bonds is 9. The summed E-state index contributed by atoms with van der Waals surface area (Å²) in [5.41, 5.74) is 0.102. The number of Topliss-reactive ketones (excluding diaryl/α,β-unsaturated/α-hetero) is 1. The molecule has 0 amide bonds. The summed E-state index contributed by atoms with van der Waals surface area (Å²) in [5, 5.41) is 9.30. The summed E-state index contributed by atoms with van der Waals surface area (Å²) in [6.07, 6.45) is 0. The molecule has 0 saturated carbocycles. The van der Waals surface area contributed by atoms with E-state index in [1.54, 1.807) is 13.0 Å². The second-order valence-electron chi connectivity index (χ2n) is 7.67. The van der Waals surface area contributed by atoms with Crippen molar-refractivity contribution in [2.24, 2.45) is 0 Å². The molecule has 4 rings (SSSR count). The molecule has 4 aromatic rings. The Morgan fingerprint density at radius 3 is 2.64 bits per heavy atom. The molecule has 0 unspecified atom stereocenters. The highest BCUT2D eigenvalue weighted by Crippen LogP contribution is 2.37. The number of aliphatic hydroxyl groups is 1. The Kier molecular flexibility index (Phi) is 7.22. The van der Waals surface area contributed by atoms with Crippen molar-refractivity contribution in [2.75, 3.05) is 20.3 Å². The normalized spacial score (nSPS) is 11.1. The summed E-state index contributed by atoms with van der Waals surface area (Å²) < 4.78 is 32.3. The molecule has 0 spiro atoms. The number of hydrogen-bond acceptors (Lipinski definition) is 8. The summed E-state index contributed by atoms with van der Waals surface area (Å²) in [6, 6.07) is 7.22. The van der Waals surface area contributed by atoms with Gasteiger partial charge in [-0.3, -0.25) is 4.79 Å². The number of carbonyl (C=O) groups excluding carboxylic acids is 1. The topological polar surface area (TPSA) is 129 Å². The Bertz CT molecular complexity index is 1520. The summed E-state index contributed by atoms with van der Waals surface area (Å²) in [4.78, 5) is 36.1. The number of fused-ring (bicyclic) bond motifs is 1. The lowest BCUT2D eigenvalue weighted by atomic mass is 10.2. The lowest BCUT2D eigenvalue weighted by Crippen LogP contribution is -2.16. The van der Waals surface area contributed by atoms with Crippen LogP contribution in [0.25, 0.3) is 16.9 Å². The average molecular weight is 517 g/mol. The Morgan fingerprint density at radius 2 is 1.94 bits per heavy atom. The largest absolute Gasteiger partial charge is 0.496 e. The highest BCUT2D eigenvalue weighted by atomic mass is 35.5. The van der Waals surface area contributed by atoms with E-state index in [1.165, 1.54) is 42.9 Å². The highest BCUT2D eigenvalue weighted by molar-refractivity contribution is 6.32. The van der Waals surface area contributed by atoms with E-state index < -0.39 is 11.5 Å². The molecule has 2 aromatic carbocycles. The van der Waals surface area contributed by atoms with Gasteiger partial charge in [-0.15, -0.1) is 0 Å². The third-order valence-corrected chi connectivity index (χ3v) is 5.56. The number of methoxy groups -OCH3 is 1. The van der Waals surface area contributed by atoms with E-state index in [4.69, 9.17) is 25.8 Å². The van der Waals surface area contributed by atoms with Crippen LogP contribution in [0, 0.1) is 12.7 Å². The first-order chi connectivity index (χ1) is 17.2. The van der Waals surface area contributed by atoms with E-state index >= 15 is 0 Å². The maximum Gasteiger partial charge on any atom is 0.332 e. The zero-order valence-electron chi connectivity index (χ0n) is 19.6. The summed E-state index contributed by atoms with van der Waals surface area (Å²) in [7, 11) is 1.41. The summed E-state index contributed by atoms with van der Waals surface area (Å²) in [6.45, 7) is 2.37. The molecule has 0 aliphatic rings. The Hall–Kier alpha value is -3.96. The van der Waals surface area contributed by atoms with Crippen molar-refractivity contribution in [1.82, 2.24) is 19.5 Å². The van der Waals surface area contributed by atoms with Gasteiger partial charge in [0.25, 0.3) is 0 Å². The number of benzene rings is 2. The van der Waals surface area contributed by atoms with Crippen LogP contribution < -0.4 is 19.9 Å². The van der Waals surface area contributed by atoms with E-state index in [1.807, 2.05) is 0 Å². The molecule has 2 N–H and O–H groups in total. The second kappa shape index (κ2) is 10.3. The van der Waals surface area contributed by atoms with Gasteiger partial charge in [0.2, 0.25) is 0 Å². The number of ketones is 1. The van der Waals surface area contributed by atoms with E-state index in [2.05, 4.69) is 15.0 Å². The van der Waals surface area contributed by atoms with Gasteiger partial charge in [0, 0.05) is 19.1 Å². The van der Waals surface area contributed by atoms with Crippen molar-refractivity contribution < 1.29 is 28.5 Å². The van der Waals surface area contributed by atoms with Crippen molar-refractivity contribution in [3.63, 3.8) is 0 Å². The SMILES string of the molecule is COc1cccc(F)c1COc1cc(-n2c(=O)[nH]c3c(C(C)=O)nc(C)nc32)c(Cl)cc1OCCO. The number of halogens is 2. The lowest BCUT2D eigenvalue weighted by molar-refractivity contribution is 0.101. The summed E-state index contributed by atoms with van der Waals surface area (Å²) in [5.74, 6) is -0.0247. The van der Waals surface area contributed by atoms with Crippen molar-refractivity contribution in [1.29, 1.82) is 0 Å². The van der Waals surface area contributed by atoms with Crippen LogP contribution in [0.5, 0.6) is 17.2 Å². The van der Waals surface area contributed by atoms with Crippen LogP contribution in [0.15, 0.2) is 35.1 Å². The number of carbonyl (C=O) groups is 1. The number of aliphatic hydroxyl groups excluding tert-OH is 1. The zero-order chi connectivity index (χ0) is 26.0. The molecule has 0 saturated heterocycles. The monoisotopic (exact) mass is 516 g/mol. The van der Waals surface area contributed by atoms with Crippen LogP contribution >= 0.6 is 11.6 Å². The van der Waals surface area contributed by atoms with Crippen LogP contribution in [0.4, 0.5) is 4.39 Å². The van der Waals surface area contributed by atoms with Gasteiger partial charge in [0.1, 0.15) is 41.8 Å². The fourth-order valence-electron chi connectivity index (χ4n) is 3.67. The first kappa shape index (κ1) is 25.1. The molecular weight excluding hydrogens is 495 g/mol. The molecule has 0 bridgehead atoms. The van der Waals surface area contributed by atoms with Gasteiger partial charge in [0.05, 0.1) is 30.0 Å². The molecule has 0 aliphatic heterocycles. The molecule has 188 valence electrons. The Morgan fingerprint density at radius 1 is 1.19 bits per heavy atom. The predicted octanol–water partition coefficient (Wildman–Crippen LogP) is 3.37. The molecule has 0 fully saturated rings. The number of aromatic amines is 1. The lowest BCUT2D eigenvalue weighted by Gasteiger charge is -2.17. The number of aryl methyl sites for hydroxylation is 1. The molecule has 0 atom stereocenters. The first-order valence-electron chi connectivity index (χ1n) is 10.8. The second-order valence-corrected chi connectivity index (χ2v) is 8.08. The minimum atomic E-state index is -0.611. The zero-order valence-corrected chi connectivity index (χ0v) is 20.4. The van der Waals surface area contributed by atoms with Crippen molar-refractivity contribution in [3.05, 3.63) is 68.7 Å². The van der Waals surface area contributed by atoms with Gasteiger partial charge in [-0.1, -0.05) is 17.7 Å². The van der Waals surface area contributed by atoms with Gasteiger partial charge in [-0.05, 0) is 19.1 Å². The Balaban J connectivity index is 1.86. The van der Waals surface area contributed by atoms with Gasteiger partial charge in [-0.2, -0.15) is 0 Å². The predicted molar refractivity (Wildman–Crippen MR) is 129 cm³/mol. The van der Waals surface area contributed by atoms with Gasteiger partial charge in [-0.25, -0.2) is 23.7 Å². The standard InChI is InChI=1S/C24H22ClFN4O6/c1-12(32)21-22-23(28-13(2)27-21)30(24(33)29-22)17-10-20(19(9-15(17)25)35-8-7-31)36-11-14-16(26)5-4-6-18(14)34-3/h4-6,9-10,31H,7-8,11H2,1-3H3,(H,29,33). The number of aromatic nitrogens is 4. The maximum atomic E-state index is 14.4. The quantitative estimate of drug-likeness (QED) is 0.324. The van der Waals surface area contributed by atoms with Crippen LogP contribution in [-0.2, 0) is 6.61 Å². The molecule has 12 heteroatoms. The van der Waals surface area contributed by atoms with E-state index in [9.17, 15) is 19.1 Å². The van der Waals surface area contributed by atoms with E-state index in [0.717, 1.165) is 0 Å². The fraction of sp³-hybridized carbons (Fsp3) is 0.250. The van der Waals surface area contributed by atoms with Crippen LogP contribution in [-0.4, -0.2) is 50.7 Å². The molecule has 0 aliphatic carbocycles. The fourth-order valence-corrected chi connectivity index (χ4v) is 3.91. The van der Waals surface area contributed by atoms with Gasteiger partial charge < -0.3 is 24.3 Å². The number of H-pyrrole nitrogens is 1. The number of nitrogens with zero attached hydrogens (tertiary/aromatic N) is 3. The van der Waals surface area contributed by atoms with Crippen LogP contribution in [0.2, 0.25) is 5.02 Å². The smallest absolute Gasteiger partial charge is 0.332 e. The average Bonchev–Trinajstić information content (AvgIpc) is 3.17. The number of nitrogens with one attached hydrogen (secondary N) is 1. The number of ether oxygens (including phenoxy) is 3. The minimum absolute atomic E-state index is 0.0590. The minimum Gasteiger partial charge on any atom is -0.496 e. The molecule has 0 radical (unpaired) electrons. The number of hydrogen-bond donors (Lipinski definition) is 2. The summed E-state index contributed by atoms with van der Waals surface area (Å²) >= 11 is 6.51. The van der Waals surface area contributed by atoms with Crippen LogP contribution in [0.1, 0.15) is 28.8 Å². The van der Waals surface area contributed by atoms with Crippen LogP contribution in [0.3, 0.4) is 0 Å². The first-order valence-corrected chi connectivity index (χ1v) is 11.1. The third kappa shape index (κ3) is 4.75. The third-order valence-electron chi connectivity index (χ3n) is 5.25. The molecule has 10 nitrogen and oxygen atoms in total. The van der Waals surface area contributed by atoms with Gasteiger partial charge >= 0.3 is 5.69 Å². The van der Waals surface area contributed by atoms with Gasteiger partial charge in [0.15, 0.2) is 22.9 Å². The molecule has 2 aromatic heterocycles. The maximum absolute atomic E-state index is 14.4.